The van der Waals surface area contributed by atoms with E-state index in [0.717, 1.165) is 24.2 Å². The number of fused-ring (bicyclic) bond motifs is 1. The second-order valence-corrected chi connectivity index (χ2v) is 5.76. The van der Waals surface area contributed by atoms with Crippen LogP contribution in [-0.2, 0) is 9.59 Å². The lowest BCUT2D eigenvalue weighted by atomic mass is 10.0. The van der Waals surface area contributed by atoms with Crippen molar-refractivity contribution in [2.45, 2.75) is 31.3 Å². The highest BCUT2D eigenvalue weighted by Crippen LogP contribution is 2.31. The number of hydrogen-bond donors (Lipinski definition) is 2. The third-order valence-corrected chi connectivity index (χ3v) is 4.29. The molecular weight excluding hydrogens is 320 g/mol. The minimum atomic E-state index is -0.846. The van der Waals surface area contributed by atoms with Crippen LogP contribution in [0.3, 0.4) is 0 Å². The van der Waals surface area contributed by atoms with E-state index in [0.29, 0.717) is 19.6 Å². The molecule has 1 aromatic carbocycles. The standard InChI is InChI=1S/C16H20N2O4.ClH/c19-15(10-18-8-3-5-13(18)16(20)21)17-12-7-9-22-14-6-2-1-4-11(12)14;/h1-2,4,6,12-13H,3,5,7-10H2,(H,17,19)(H,20,21);1H. The summed E-state index contributed by atoms with van der Waals surface area (Å²) in [4.78, 5) is 25.2. The Kier molecular flexibility index (Phi) is 5.85. The summed E-state index contributed by atoms with van der Waals surface area (Å²) < 4.78 is 5.58. The molecule has 2 unspecified atom stereocenters. The van der Waals surface area contributed by atoms with Gasteiger partial charge in [0.2, 0.25) is 5.91 Å². The van der Waals surface area contributed by atoms with Gasteiger partial charge < -0.3 is 15.2 Å². The summed E-state index contributed by atoms with van der Waals surface area (Å²) in [5.74, 6) is -0.166. The zero-order chi connectivity index (χ0) is 15.5. The summed E-state index contributed by atoms with van der Waals surface area (Å²) in [6.45, 7) is 1.37. The number of likely N-dealkylation sites (tertiary alicyclic amines) is 1. The maximum absolute atomic E-state index is 12.3. The number of carboxylic acids is 1. The highest BCUT2D eigenvalue weighted by Gasteiger charge is 2.32. The zero-order valence-electron chi connectivity index (χ0n) is 12.7. The SMILES string of the molecule is Cl.O=C(CN1CCCC1C(=O)O)NC1CCOc2ccccc21. The van der Waals surface area contributed by atoms with Crippen molar-refractivity contribution in [1.29, 1.82) is 0 Å². The molecule has 2 aliphatic heterocycles. The van der Waals surface area contributed by atoms with E-state index in [2.05, 4.69) is 5.32 Å². The predicted octanol–water partition coefficient (Wildman–Crippen LogP) is 1.60. The second kappa shape index (κ2) is 7.66. The van der Waals surface area contributed by atoms with Gasteiger partial charge in [-0.3, -0.25) is 14.5 Å². The number of aliphatic carboxylic acids is 1. The minimum absolute atomic E-state index is 0. The van der Waals surface area contributed by atoms with Gasteiger partial charge in [0.1, 0.15) is 11.8 Å². The molecule has 0 spiro atoms. The normalized spacial score (nSPS) is 23.3. The van der Waals surface area contributed by atoms with Gasteiger partial charge >= 0.3 is 5.97 Å². The number of benzene rings is 1. The van der Waals surface area contributed by atoms with Crippen LogP contribution >= 0.6 is 12.4 Å². The van der Waals surface area contributed by atoms with Gasteiger partial charge in [0, 0.05) is 12.0 Å². The molecular formula is C16H21ClN2O4. The number of hydrogen-bond acceptors (Lipinski definition) is 4. The molecule has 0 aromatic heterocycles. The van der Waals surface area contributed by atoms with Gasteiger partial charge in [0.15, 0.2) is 0 Å². The minimum Gasteiger partial charge on any atom is -0.493 e. The molecule has 1 saturated heterocycles. The van der Waals surface area contributed by atoms with E-state index in [1.54, 1.807) is 4.90 Å². The number of para-hydroxylation sites is 1. The van der Waals surface area contributed by atoms with E-state index in [1.165, 1.54) is 0 Å². The molecule has 2 atom stereocenters. The third kappa shape index (κ3) is 3.95. The van der Waals surface area contributed by atoms with E-state index in [-0.39, 0.29) is 30.9 Å². The molecule has 7 heteroatoms. The average Bonchev–Trinajstić information content (AvgIpc) is 2.96. The molecule has 1 amide bonds. The van der Waals surface area contributed by atoms with Gasteiger partial charge in [0.25, 0.3) is 0 Å². The summed E-state index contributed by atoms with van der Waals surface area (Å²) in [5.41, 5.74) is 0.985. The summed E-state index contributed by atoms with van der Waals surface area (Å²) in [6.07, 6.45) is 2.16. The molecule has 0 bridgehead atoms. The molecule has 2 aliphatic rings. The van der Waals surface area contributed by atoms with Crippen LogP contribution in [0.1, 0.15) is 30.9 Å². The first-order valence-corrected chi connectivity index (χ1v) is 7.63. The number of halogens is 1. The van der Waals surface area contributed by atoms with Crippen LogP contribution in [0, 0.1) is 0 Å². The van der Waals surface area contributed by atoms with Crippen LogP contribution in [0.25, 0.3) is 0 Å². The Balaban J connectivity index is 0.00000192. The second-order valence-electron chi connectivity index (χ2n) is 5.76. The van der Waals surface area contributed by atoms with Gasteiger partial charge in [-0.15, -0.1) is 12.4 Å². The average molecular weight is 341 g/mol. The third-order valence-electron chi connectivity index (χ3n) is 4.29. The Labute approximate surface area is 141 Å². The Morgan fingerprint density at radius 2 is 2.09 bits per heavy atom. The van der Waals surface area contributed by atoms with Gasteiger partial charge in [0.05, 0.1) is 19.2 Å². The van der Waals surface area contributed by atoms with Gasteiger partial charge in [-0.25, -0.2) is 0 Å². The van der Waals surface area contributed by atoms with Crippen LogP contribution in [0.2, 0.25) is 0 Å². The monoisotopic (exact) mass is 340 g/mol. The number of nitrogens with zero attached hydrogens (tertiary/aromatic N) is 1. The van der Waals surface area contributed by atoms with Crippen molar-refractivity contribution >= 4 is 24.3 Å². The molecule has 0 aliphatic carbocycles. The number of amides is 1. The topological polar surface area (TPSA) is 78.9 Å². The van der Waals surface area contributed by atoms with Crippen molar-refractivity contribution < 1.29 is 19.4 Å². The number of nitrogens with one attached hydrogen (secondary N) is 1. The highest BCUT2D eigenvalue weighted by atomic mass is 35.5. The number of carbonyl (C=O) groups excluding carboxylic acids is 1. The largest absolute Gasteiger partial charge is 0.493 e. The van der Waals surface area contributed by atoms with E-state index in [4.69, 9.17) is 9.84 Å². The molecule has 3 rings (SSSR count). The highest BCUT2D eigenvalue weighted by molar-refractivity contribution is 5.85. The quantitative estimate of drug-likeness (QED) is 0.870. The Morgan fingerprint density at radius 3 is 2.87 bits per heavy atom. The molecule has 23 heavy (non-hydrogen) atoms. The molecule has 0 radical (unpaired) electrons. The van der Waals surface area contributed by atoms with Crippen molar-refractivity contribution in [1.82, 2.24) is 10.2 Å². The summed E-state index contributed by atoms with van der Waals surface area (Å²) in [6, 6.07) is 7.08. The van der Waals surface area contributed by atoms with Gasteiger partial charge in [-0.05, 0) is 25.5 Å². The number of rotatable bonds is 4. The fourth-order valence-electron chi connectivity index (χ4n) is 3.21. The van der Waals surface area contributed by atoms with E-state index in [9.17, 15) is 9.59 Å². The van der Waals surface area contributed by atoms with Crippen molar-refractivity contribution in [2.75, 3.05) is 19.7 Å². The predicted molar refractivity (Wildman–Crippen MR) is 86.9 cm³/mol. The van der Waals surface area contributed by atoms with E-state index < -0.39 is 12.0 Å². The van der Waals surface area contributed by atoms with Crippen molar-refractivity contribution in [3.63, 3.8) is 0 Å². The van der Waals surface area contributed by atoms with Crippen LogP contribution in [0.4, 0.5) is 0 Å². The fraction of sp³-hybridized carbons (Fsp3) is 0.500. The van der Waals surface area contributed by atoms with E-state index in [1.807, 2.05) is 24.3 Å². The lowest BCUT2D eigenvalue weighted by Gasteiger charge is -2.28. The maximum atomic E-state index is 12.3. The molecule has 126 valence electrons. The zero-order valence-corrected chi connectivity index (χ0v) is 13.6. The number of carboxylic acid groups (broad SMARTS) is 1. The van der Waals surface area contributed by atoms with Gasteiger partial charge in [-0.1, -0.05) is 18.2 Å². The fourth-order valence-corrected chi connectivity index (χ4v) is 3.21. The summed E-state index contributed by atoms with van der Waals surface area (Å²) in [7, 11) is 0. The lowest BCUT2D eigenvalue weighted by Crippen LogP contribution is -2.44. The van der Waals surface area contributed by atoms with E-state index >= 15 is 0 Å². The first kappa shape index (κ1) is 17.6. The van der Waals surface area contributed by atoms with Crippen molar-refractivity contribution in [3.8, 4) is 5.75 Å². The smallest absolute Gasteiger partial charge is 0.320 e. The molecule has 2 heterocycles. The van der Waals surface area contributed by atoms with Crippen LogP contribution in [-0.4, -0.2) is 47.6 Å². The molecule has 6 nitrogen and oxygen atoms in total. The Bertz CT molecular complexity index is 581. The van der Waals surface area contributed by atoms with Crippen molar-refractivity contribution in [3.05, 3.63) is 29.8 Å². The number of carbonyl (C=O) groups is 2. The lowest BCUT2D eigenvalue weighted by molar-refractivity contribution is -0.142. The maximum Gasteiger partial charge on any atom is 0.320 e. The Hall–Kier alpha value is -1.79. The molecule has 0 saturated carbocycles. The Morgan fingerprint density at radius 1 is 1.30 bits per heavy atom. The molecule has 1 aromatic rings. The van der Waals surface area contributed by atoms with Crippen LogP contribution < -0.4 is 10.1 Å². The van der Waals surface area contributed by atoms with Crippen LogP contribution in [0.5, 0.6) is 5.75 Å². The summed E-state index contributed by atoms with van der Waals surface area (Å²) in [5, 5.41) is 12.2. The van der Waals surface area contributed by atoms with Crippen LogP contribution in [0.15, 0.2) is 24.3 Å². The van der Waals surface area contributed by atoms with Crippen molar-refractivity contribution in [2.24, 2.45) is 0 Å². The number of ether oxygens (including phenoxy) is 1. The van der Waals surface area contributed by atoms with Gasteiger partial charge in [-0.2, -0.15) is 0 Å². The molecule has 2 N–H and O–H groups in total. The first-order chi connectivity index (χ1) is 10.6. The molecule has 1 fully saturated rings. The summed E-state index contributed by atoms with van der Waals surface area (Å²) >= 11 is 0. The first-order valence-electron chi connectivity index (χ1n) is 7.63.